The summed E-state index contributed by atoms with van der Waals surface area (Å²) in [5.41, 5.74) is -2.39. The molecule has 14 nitrogen and oxygen atoms in total. The molecule has 290 valence electrons. The Bertz CT molecular complexity index is 1090. The van der Waals surface area contributed by atoms with Crippen LogP contribution >= 0.6 is 0 Å². The molecule has 2 N–H and O–H groups in total. The van der Waals surface area contributed by atoms with E-state index in [0.29, 0.717) is 5.92 Å². The number of carbonyl (C=O) groups is 5. The van der Waals surface area contributed by atoms with Crippen LogP contribution < -0.4 is 5.32 Å². The van der Waals surface area contributed by atoms with Crippen LogP contribution in [0.4, 0.5) is 14.4 Å². The van der Waals surface area contributed by atoms with Gasteiger partial charge in [0.2, 0.25) is 11.8 Å². The first-order chi connectivity index (χ1) is 23.7. The van der Waals surface area contributed by atoms with Crippen molar-refractivity contribution in [2.24, 2.45) is 0 Å². The molecule has 1 saturated heterocycles. The van der Waals surface area contributed by atoms with Gasteiger partial charge in [-0.15, -0.1) is 0 Å². The van der Waals surface area contributed by atoms with Crippen molar-refractivity contribution in [3.63, 3.8) is 0 Å². The number of aliphatic hydroxyl groups excluding tert-OH is 1. The summed E-state index contributed by atoms with van der Waals surface area (Å²) in [7, 11) is 0. The minimum absolute atomic E-state index is 0. The van der Waals surface area contributed by atoms with Gasteiger partial charge in [0.25, 0.3) is 0 Å². The van der Waals surface area contributed by atoms with E-state index >= 15 is 0 Å². The first kappa shape index (κ1) is 47.2. The van der Waals surface area contributed by atoms with E-state index in [9.17, 15) is 29.1 Å². The summed E-state index contributed by atoms with van der Waals surface area (Å²) >= 11 is 0. The largest absolute Gasteiger partial charge is 2.00 e. The molecule has 1 atom stereocenters. The van der Waals surface area contributed by atoms with Crippen LogP contribution in [0.5, 0.6) is 0 Å². The van der Waals surface area contributed by atoms with Crippen molar-refractivity contribution in [3.8, 4) is 0 Å². The third-order valence-electron chi connectivity index (χ3n) is 7.09. The van der Waals surface area contributed by atoms with Gasteiger partial charge in [-0.2, -0.15) is 0 Å². The maximum absolute atomic E-state index is 13.7. The van der Waals surface area contributed by atoms with Gasteiger partial charge in [-0.3, -0.25) is 9.59 Å². The Hall–Kier alpha value is -2.77. The van der Waals surface area contributed by atoms with Crippen molar-refractivity contribution in [3.05, 3.63) is 63.7 Å². The molecule has 52 heavy (non-hydrogen) atoms. The second kappa shape index (κ2) is 21.8. The molecule has 15 heteroatoms. The van der Waals surface area contributed by atoms with E-state index in [4.69, 9.17) is 14.2 Å². The van der Waals surface area contributed by atoms with E-state index in [1.54, 1.807) is 88.0 Å². The normalized spacial score (nSPS) is 18.8. The fourth-order valence-electron chi connectivity index (χ4n) is 4.65. The molecule has 1 unspecified atom stereocenters. The van der Waals surface area contributed by atoms with Crippen molar-refractivity contribution in [2.45, 2.75) is 85.2 Å². The van der Waals surface area contributed by atoms with Gasteiger partial charge in [-0.1, -0.05) is 0 Å². The Morgan fingerprint density at radius 2 is 0.865 bits per heavy atom. The number of amides is 5. The number of ether oxygens (including phenoxy) is 3. The van der Waals surface area contributed by atoms with Crippen molar-refractivity contribution in [1.29, 1.82) is 0 Å². The number of hydrogen-bond donors (Lipinski definition) is 2. The third kappa shape index (κ3) is 18.3. The first-order valence-corrected chi connectivity index (χ1v) is 17.2. The molecule has 3 fully saturated rings. The summed E-state index contributed by atoms with van der Waals surface area (Å²) in [5, 5.41) is 12.7. The standard InChI is InChI=1S/C32H52N5O9.C5H5.Fe/c1-30(2,3)44-27(41)35-16-14-34(26(40)24(22-38)33-25(39)23-12-10-11-13-23)15-17-36(28(42)45-31(4,5)6)19-21-37(20-18-35)29(43)46-32(7,8)9;1-2-4-5-3-1;/h10-13,24,38H,14-22H2,1-9H3,(H,33,39);1-5H;/q;;+2. The van der Waals surface area contributed by atoms with Gasteiger partial charge in [-0.05, 0) is 120 Å². The predicted octanol–water partition coefficient (Wildman–Crippen LogP) is 3.44. The smallest absolute Gasteiger partial charge is 0.444 e. The molecule has 0 bridgehead atoms. The number of aliphatic hydroxyl groups is 1. The molecule has 0 aromatic heterocycles. The van der Waals surface area contributed by atoms with Gasteiger partial charge >= 0.3 is 35.3 Å². The predicted molar refractivity (Wildman–Crippen MR) is 191 cm³/mol. The number of nitrogens with one attached hydrogen (secondary N) is 1. The summed E-state index contributed by atoms with van der Waals surface area (Å²) < 4.78 is 16.8. The Morgan fingerprint density at radius 1 is 0.577 bits per heavy atom. The van der Waals surface area contributed by atoms with E-state index < -0.39 is 59.5 Å². The van der Waals surface area contributed by atoms with Gasteiger partial charge in [-0.25, -0.2) is 14.4 Å². The van der Waals surface area contributed by atoms with E-state index in [-0.39, 0.29) is 69.4 Å². The maximum Gasteiger partial charge on any atom is 2.00 e. The van der Waals surface area contributed by atoms with E-state index in [1.165, 1.54) is 19.6 Å². The average molecular weight is 772 g/mol. The second-order valence-corrected chi connectivity index (χ2v) is 15.1. The van der Waals surface area contributed by atoms with E-state index in [0.717, 1.165) is 0 Å². The molecule has 0 spiro atoms. The monoisotopic (exact) mass is 771 g/mol. The zero-order chi connectivity index (χ0) is 38.4. The molecule has 0 aromatic rings. The van der Waals surface area contributed by atoms with Crippen LogP contribution in [0.3, 0.4) is 0 Å². The van der Waals surface area contributed by atoms with Crippen LogP contribution in [-0.2, 0) is 40.9 Å². The Balaban J connectivity index is 0.00000206. The van der Waals surface area contributed by atoms with Gasteiger partial charge in [0.15, 0.2) is 0 Å². The maximum atomic E-state index is 13.7. The zero-order valence-electron chi connectivity index (χ0n) is 32.0. The van der Waals surface area contributed by atoms with Gasteiger partial charge in [0, 0.05) is 52.4 Å². The molecule has 0 aromatic carbocycles. The van der Waals surface area contributed by atoms with Crippen LogP contribution in [0.1, 0.15) is 62.3 Å². The molecular weight excluding hydrogens is 714 g/mol. The molecule has 1 aliphatic heterocycles. The zero-order valence-corrected chi connectivity index (χ0v) is 33.1. The SMILES string of the molecule is CC(C)(C)OC(=O)N1CCN(C(=O)OC(C)(C)C)CCN(C(=O)C(CO)NC(=O)[C]2[CH][CH][CH][CH]2)CCN(C(=O)OC(C)(C)C)CC1.[CH]1[CH][CH][CH][CH]1.[Fe+2]. The number of rotatable bonds is 4. The van der Waals surface area contributed by atoms with Gasteiger partial charge < -0.3 is 44.2 Å². The molecule has 3 aliphatic rings. The quantitative estimate of drug-likeness (QED) is 0.323. The van der Waals surface area contributed by atoms with E-state index in [2.05, 4.69) is 5.32 Å². The topological polar surface area (TPSA) is 158 Å². The van der Waals surface area contributed by atoms with Crippen molar-refractivity contribution in [1.82, 2.24) is 24.9 Å². The number of carbonyl (C=O) groups excluding carboxylic acids is 5. The third-order valence-corrected chi connectivity index (χ3v) is 7.09. The molecule has 1 heterocycles. The van der Waals surface area contributed by atoms with Crippen LogP contribution in [0.15, 0.2) is 0 Å². The molecule has 10 radical (unpaired) electrons. The van der Waals surface area contributed by atoms with Crippen LogP contribution in [0.2, 0.25) is 0 Å². The molecule has 2 aliphatic carbocycles. The van der Waals surface area contributed by atoms with Gasteiger partial charge in [0.1, 0.15) is 22.8 Å². The summed E-state index contributed by atoms with van der Waals surface area (Å²) in [6.45, 7) is 15.1. The number of nitrogens with zero attached hydrogens (tertiary/aromatic N) is 4. The average Bonchev–Trinajstić information content (AvgIpc) is 3.75. The van der Waals surface area contributed by atoms with Crippen molar-refractivity contribution < 1.29 is 60.4 Å². The van der Waals surface area contributed by atoms with Crippen molar-refractivity contribution >= 4 is 30.1 Å². The molecule has 2 saturated carbocycles. The van der Waals surface area contributed by atoms with Crippen LogP contribution in [-0.4, -0.2) is 137 Å². The minimum Gasteiger partial charge on any atom is -0.444 e. The van der Waals surface area contributed by atoms with Gasteiger partial charge in [0.05, 0.1) is 12.5 Å². The fourth-order valence-corrected chi connectivity index (χ4v) is 4.65. The summed E-state index contributed by atoms with van der Waals surface area (Å²) in [4.78, 5) is 71.8. The fraction of sp³-hybridized carbons (Fsp3) is 0.595. The molecule has 3 rings (SSSR count). The summed E-state index contributed by atoms with van der Waals surface area (Å²) in [6.07, 6.45) is 14.6. The van der Waals surface area contributed by atoms with Crippen LogP contribution in [0, 0.1) is 63.7 Å². The summed E-state index contributed by atoms with van der Waals surface area (Å²) in [5.74, 6) is -0.787. The van der Waals surface area contributed by atoms with Crippen molar-refractivity contribution in [2.75, 3.05) is 59.0 Å². The first-order valence-electron chi connectivity index (χ1n) is 17.2. The van der Waals surface area contributed by atoms with Crippen LogP contribution in [0.25, 0.3) is 0 Å². The van der Waals surface area contributed by atoms with E-state index in [1.807, 2.05) is 32.1 Å². The summed E-state index contributed by atoms with van der Waals surface area (Å²) in [6, 6.07) is -1.28. The Morgan fingerprint density at radius 3 is 1.13 bits per heavy atom. The molecular formula is C37H57FeN5O9+2. The Labute approximate surface area is 322 Å². The second-order valence-electron chi connectivity index (χ2n) is 15.1. The Kier molecular flexibility index (Phi) is 19.8. The minimum atomic E-state index is -1.28. The molecule has 5 amide bonds. The number of hydrogen-bond acceptors (Lipinski definition) is 9.